The summed E-state index contributed by atoms with van der Waals surface area (Å²) in [5, 5.41) is 14.3. The van der Waals surface area contributed by atoms with Crippen LogP contribution in [0.3, 0.4) is 0 Å². The molecule has 2 aromatic rings. The summed E-state index contributed by atoms with van der Waals surface area (Å²) >= 11 is 1.71. The lowest BCUT2D eigenvalue weighted by atomic mass is 10.1. The van der Waals surface area contributed by atoms with Gasteiger partial charge in [-0.1, -0.05) is 18.2 Å². The maximum Gasteiger partial charge on any atom is 0.274 e. The van der Waals surface area contributed by atoms with E-state index in [1.165, 1.54) is 11.0 Å². The summed E-state index contributed by atoms with van der Waals surface area (Å²) in [5.74, 6) is 0. The minimum Gasteiger partial charge on any atom is -0.378 e. The van der Waals surface area contributed by atoms with Gasteiger partial charge in [-0.2, -0.15) is 0 Å². The highest BCUT2D eigenvalue weighted by Gasteiger charge is 2.14. The minimum absolute atomic E-state index is 0.0848. The summed E-state index contributed by atoms with van der Waals surface area (Å²) in [5.41, 5.74) is 2.75. The second kappa shape index (κ2) is 6.63. The largest absolute Gasteiger partial charge is 0.378 e. The average molecular weight is 302 g/mol. The predicted molar refractivity (Wildman–Crippen MR) is 88.1 cm³/mol. The molecule has 0 saturated heterocycles. The number of nitro benzene ring substituents is 1. The van der Waals surface area contributed by atoms with E-state index in [2.05, 4.69) is 29.6 Å². The number of hydrogen-bond donors (Lipinski definition) is 1. The number of anilines is 1. The van der Waals surface area contributed by atoms with Crippen molar-refractivity contribution < 1.29 is 4.92 Å². The third-order valence-corrected chi connectivity index (χ3v) is 4.23. The molecule has 1 unspecified atom stereocenters. The smallest absolute Gasteiger partial charge is 0.274 e. The van der Waals surface area contributed by atoms with Gasteiger partial charge in [-0.25, -0.2) is 0 Å². The van der Waals surface area contributed by atoms with Gasteiger partial charge in [0.25, 0.3) is 5.69 Å². The molecule has 0 aliphatic carbocycles. The van der Waals surface area contributed by atoms with Gasteiger partial charge in [-0.3, -0.25) is 10.1 Å². The van der Waals surface area contributed by atoms with Crippen LogP contribution in [-0.2, 0) is 0 Å². The Morgan fingerprint density at radius 3 is 2.43 bits per heavy atom. The van der Waals surface area contributed by atoms with E-state index in [0.29, 0.717) is 5.56 Å². The molecule has 5 heteroatoms. The molecule has 2 aromatic carbocycles. The van der Waals surface area contributed by atoms with Gasteiger partial charge in [0.15, 0.2) is 0 Å². The molecule has 0 aliphatic heterocycles. The topological polar surface area (TPSA) is 55.2 Å². The van der Waals surface area contributed by atoms with Crippen LogP contribution in [0, 0.1) is 17.0 Å². The Kier molecular flexibility index (Phi) is 4.85. The van der Waals surface area contributed by atoms with Gasteiger partial charge < -0.3 is 5.32 Å². The van der Waals surface area contributed by atoms with E-state index in [1.807, 2.05) is 19.2 Å². The first kappa shape index (κ1) is 15.4. The van der Waals surface area contributed by atoms with Crippen molar-refractivity contribution in [2.75, 3.05) is 11.6 Å². The molecule has 1 atom stereocenters. The van der Waals surface area contributed by atoms with Crippen molar-refractivity contribution >= 4 is 23.1 Å². The highest BCUT2D eigenvalue weighted by molar-refractivity contribution is 7.98. The Balaban J connectivity index is 2.20. The summed E-state index contributed by atoms with van der Waals surface area (Å²) in [6.45, 7) is 3.82. The van der Waals surface area contributed by atoms with Crippen LogP contribution < -0.4 is 5.32 Å². The zero-order valence-corrected chi connectivity index (χ0v) is 13.1. The highest BCUT2D eigenvalue weighted by Crippen LogP contribution is 2.28. The molecule has 1 N–H and O–H groups in total. The number of nitro groups is 1. The molecule has 0 radical (unpaired) electrons. The molecular formula is C16H18N2O2S. The second-order valence-corrected chi connectivity index (χ2v) is 5.73. The van der Waals surface area contributed by atoms with Crippen LogP contribution >= 0.6 is 11.8 Å². The van der Waals surface area contributed by atoms with Crippen LogP contribution in [0.15, 0.2) is 47.4 Å². The van der Waals surface area contributed by atoms with Crippen LogP contribution in [0.25, 0.3) is 0 Å². The van der Waals surface area contributed by atoms with Crippen LogP contribution in [0.5, 0.6) is 0 Å². The zero-order valence-electron chi connectivity index (χ0n) is 12.3. The van der Waals surface area contributed by atoms with E-state index >= 15 is 0 Å². The van der Waals surface area contributed by atoms with Gasteiger partial charge >= 0.3 is 0 Å². The Bertz CT molecular complexity index is 641. The number of hydrogen-bond acceptors (Lipinski definition) is 4. The van der Waals surface area contributed by atoms with Gasteiger partial charge in [0, 0.05) is 28.3 Å². The van der Waals surface area contributed by atoms with E-state index in [9.17, 15) is 10.1 Å². The number of rotatable bonds is 5. The SMILES string of the molecule is CSc1ccc(C(C)Nc2cccc([N+](=O)[O-])c2C)cc1. The molecule has 0 fully saturated rings. The van der Waals surface area contributed by atoms with Crippen LogP contribution in [-0.4, -0.2) is 11.2 Å². The van der Waals surface area contributed by atoms with Gasteiger partial charge in [0.2, 0.25) is 0 Å². The van der Waals surface area contributed by atoms with E-state index in [0.717, 1.165) is 11.3 Å². The second-order valence-electron chi connectivity index (χ2n) is 4.85. The number of nitrogens with zero attached hydrogens (tertiary/aromatic N) is 1. The van der Waals surface area contributed by atoms with Crippen LogP contribution in [0.1, 0.15) is 24.1 Å². The van der Waals surface area contributed by atoms with Crippen molar-refractivity contribution in [3.8, 4) is 0 Å². The molecule has 4 nitrogen and oxygen atoms in total. The van der Waals surface area contributed by atoms with E-state index in [4.69, 9.17) is 0 Å². The van der Waals surface area contributed by atoms with E-state index in [1.54, 1.807) is 24.8 Å². The molecule has 110 valence electrons. The molecule has 2 rings (SSSR count). The fraction of sp³-hybridized carbons (Fsp3) is 0.250. The molecule has 21 heavy (non-hydrogen) atoms. The summed E-state index contributed by atoms with van der Waals surface area (Å²) in [6, 6.07) is 13.5. The third kappa shape index (κ3) is 3.55. The molecular weight excluding hydrogens is 284 g/mol. The lowest BCUT2D eigenvalue weighted by Crippen LogP contribution is -2.08. The van der Waals surface area contributed by atoms with E-state index < -0.39 is 0 Å². The molecule has 0 heterocycles. The summed E-state index contributed by atoms with van der Waals surface area (Å²) in [6.07, 6.45) is 2.04. The average Bonchev–Trinajstić information content (AvgIpc) is 2.49. The Morgan fingerprint density at radius 2 is 1.86 bits per heavy atom. The highest BCUT2D eigenvalue weighted by atomic mass is 32.2. The van der Waals surface area contributed by atoms with Gasteiger partial charge in [-0.05, 0) is 43.9 Å². The molecule has 0 spiro atoms. The molecule has 0 amide bonds. The maximum atomic E-state index is 11.0. The Hall–Kier alpha value is -2.01. The molecule has 0 saturated carbocycles. The fourth-order valence-corrected chi connectivity index (χ4v) is 2.60. The minimum atomic E-state index is -0.349. The molecule has 0 aromatic heterocycles. The summed E-state index contributed by atoms with van der Waals surface area (Å²) < 4.78 is 0. The quantitative estimate of drug-likeness (QED) is 0.490. The van der Waals surface area contributed by atoms with Gasteiger partial charge in [0.1, 0.15) is 0 Å². The van der Waals surface area contributed by atoms with Crippen LogP contribution in [0.4, 0.5) is 11.4 Å². The Labute approximate surface area is 128 Å². The number of benzene rings is 2. The zero-order chi connectivity index (χ0) is 15.4. The first-order valence-corrected chi connectivity index (χ1v) is 7.90. The van der Waals surface area contributed by atoms with Gasteiger partial charge in [-0.15, -0.1) is 11.8 Å². The standard InChI is InChI=1S/C16H18N2O2S/c1-11-15(5-4-6-16(11)18(19)20)17-12(2)13-7-9-14(21-3)10-8-13/h4-10,12,17H,1-3H3. The third-order valence-electron chi connectivity index (χ3n) is 3.49. The molecule has 0 aliphatic rings. The summed E-state index contributed by atoms with van der Waals surface area (Å²) in [7, 11) is 0. The van der Waals surface area contributed by atoms with E-state index in [-0.39, 0.29) is 16.7 Å². The van der Waals surface area contributed by atoms with Crippen molar-refractivity contribution in [2.45, 2.75) is 24.8 Å². The first-order valence-electron chi connectivity index (χ1n) is 6.67. The van der Waals surface area contributed by atoms with Crippen molar-refractivity contribution in [2.24, 2.45) is 0 Å². The van der Waals surface area contributed by atoms with Crippen molar-refractivity contribution in [1.29, 1.82) is 0 Å². The Morgan fingerprint density at radius 1 is 1.19 bits per heavy atom. The van der Waals surface area contributed by atoms with Crippen molar-refractivity contribution in [3.63, 3.8) is 0 Å². The van der Waals surface area contributed by atoms with Crippen LogP contribution in [0.2, 0.25) is 0 Å². The van der Waals surface area contributed by atoms with Crippen molar-refractivity contribution in [3.05, 3.63) is 63.7 Å². The first-order chi connectivity index (χ1) is 10.0. The lowest BCUT2D eigenvalue weighted by molar-refractivity contribution is -0.385. The lowest BCUT2D eigenvalue weighted by Gasteiger charge is -2.17. The number of thioether (sulfide) groups is 1. The normalized spacial score (nSPS) is 12.0. The van der Waals surface area contributed by atoms with Gasteiger partial charge in [0.05, 0.1) is 4.92 Å². The fourth-order valence-electron chi connectivity index (χ4n) is 2.19. The monoisotopic (exact) mass is 302 g/mol. The maximum absolute atomic E-state index is 11.0. The number of nitrogens with one attached hydrogen (secondary N) is 1. The predicted octanol–water partition coefficient (Wildman–Crippen LogP) is 4.80. The molecule has 0 bridgehead atoms. The summed E-state index contributed by atoms with van der Waals surface area (Å²) in [4.78, 5) is 11.8. The van der Waals surface area contributed by atoms with Crippen molar-refractivity contribution in [1.82, 2.24) is 0 Å².